The minimum absolute atomic E-state index is 0.231. The summed E-state index contributed by atoms with van der Waals surface area (Å²) in [5, 5.41) is 6.09. The van der Waals surface area contributed by atoms with E-state index in [-0.39, 0.29) is 5.91 Å². The molecule has 0 bridgehead atoms. The molecule has 1 aromatic carbocycles. The van der Waals surface area contributed by atoms with Crippen molar-refractivity contribution in [1.82, 2.24) is 10.6 Å². The van der Waals surface area contributed by atoms with Crippen LogP contribution in [0, 0.1) is 5.82 Å². The molecule has 1 unspecified atom stereocenters. The Hall–Kier alpha value is -0.940. The fourth-order valence-corrected chi connectivity index (χ4v) is 2.13. The van der Waals surface area contributed by atoms with Gasteiger partial charge in [-0.3, -0.25) is 4.79 Å². The number of carbonyl (C=O) groups excluding carboxylic acids is 1. The van der Waals surface area contributed by atoms with Gasteiger partial charge in [0, 0.05) is 18.2 Å². The number of halogens is 2. The number of amides is 1. The molecule has 0 saturated carbocycles. The van der Waals surface area contributed by atoms with Crippen LogP contribution in [0.25, 0.3) is 0 Å². The van der Waals surface area contributed by atoms with Crippen LogP contribution in [0.4, 0.5) is 4.39 Å². The first-order chi connectivity index (χ1) is 8.16. The van der Waals surface area contributed by atoms with Gasteiger partial charge in [-0.25, -0.2) is 4.39 Å². The Morgan fingerprint density at radius 2 is 2.41 bits per heavy atom. The quantitative estimate of drug-likeness (QED) is 0.897. The highest BCUT2D eigenvalue weighted by Gasteiger charge is 2.15. The molecule has 1 amide bonds. The highest BCUT2D eigenvalue weighted by atomic mass is 79.9. The van der Waals surface area contributed by atoms with Gasteiger partial charge in [-0.1, -0.05) is 0 Å². The molecule has 92 valence electrons. The van der Waals surface area contributed by atoms with Crippen molar-refractivity contribution < 1.29 is 9.18 Å². The van der Waals surface area contributed by atoms with E-state index in [4.69, 9.17) is 0 Å². The predicted molar refractivity (Wildman–Crippen MR) is 67.5 cm³/mol. The van der Waals surface area contributed by atoms with Crippen molar-refractivity contribution in [2.24, 2.45) is 0 Å². The van der Waals surface area contributed by atoms with Crippen molar-refractivity contribution in [3.8, 4) is 0 Å². The summed E-state index contributed by atoms with van der Waals surface area (Å²) < 4.78 is 13.6. The first-order valence-corrected chi connectivity index (χ1v) is 6.43. The molecule has 3 nitrogen and oxygen atoms in total. The van der Waals surface area contributed by atoms with Crippen LogP contribution < -0.4 is 10.6 Å². The van der Waals surface area contributed by atoms with Gasteiger partial charge in [0.25, 0.3) is 5.91 Å². The molecule has 1 aromatic rings. The van der Waals surface area contributed by atoms with Crippen LogP contribution in [0.3, 0.4) is 0 Å². The Morgan fingerprint density at radius 3 is 3.06 bits per heavy atom. The first kappa shape index (κ1) is 12.5. The molecule has 0 spiro atoms. The third kappa shape index (κ3) is 3.26. The molecule has 5 heteroatoms. The lowest BCUT2D eigenvalue weighted by Crippen LogP contribution is -2.37. The zero-order valence-corrected chi connectivity index (χ0v) is 10.9. The Labute approximate surface area is 108 Å². The van der Waals surface area contributed by atoms with Crippen LogP contribution in [0.2, 0.25) is 0 Å². The van der Waals surface area contributed by atoms with Gasteiger partial charge in [0.15, 0.2) is 0 Å². The minimum atomic E-state index is -0.420. The molecule has 0 aromatic heterocycles. The van der Waals surface area contributed by atoms with Crippen molar-refractivity contribution in [2.75, 3.05) is 13.1 Å². The second-order valence-corrected chi connectivity index (χ2v) is 4.99. The molecule has 1 atom stereocenters. The fourth-order valence-electron chi connectivity index (χ4n) is 1.89. The van der Waals surface area contributed by atoms with E-state index in [1.54, 1.807) is 6.07 Å². The third-order valence-electron chi connectivity index (χ3n) is 2.85. The van der Waals surface area contributed by atoms with Gasteiger partial charge in [-0.05, 0) is 53.5 Å². The van der Waals surface area contributed by atoms with Crippen LogP contribution in [0.1, 0.15) is 23.2 Å². The highest BCUT2D eigenvalue weighted by Crippen LogP contribution is 2.16. The number of nitrogens with one attached hydrogen (secondary N) is 2. The second-order valence-electron chi connectivity index (χ2n) is 4.13. The van der Waals surface area contributed by atoms with E-state index >= 15 is 0 Å². The molecule has 1 aliphatic heterocycles. The number of benzene rings is 1. The average Bonchev–Trinajstić information content (AvgIpc) is 2.82. The Bertz CT molecular complexity index is 419. The number of hydrogen-bond donors (Lipinski definition) is 2. The van der Waals surface area contributed by atoms with E-state index < -0.39 is 5.82 Å². The van der Waals surface area contributed by atoms with Gasteiger partial charge in [-0.15, -0.1) is 0 Å². The first-order valence-electron chi connectivity index (χ1n) is 5.63. The zero-order chi connectivity index (χ0) is 12.3. The van der Waals surface area contributed by atoms with Crippen molar-refractivity contribution in [1.29, 1.82) is 0 Å². The predicted octanol–water partition coefficient (Wildman–Crippen LogP) is 2.07. The Kier molecular flexibility index (Phi) is 4.12. The van der Waals surface area contributed by atoms with E-state index in [0.717, 1.165) is 19.4 Å². The molecule has 1 saturated heterocycles. The largest absolute Gasteiger partial charge is 0.350 e. The zero-order valence-electron chi connectivity index (χ0n) is 9.30. The lowest BCUT2D eigenvalue weighted by molar-refractivity contribution is 0.0950. The maximum absolute atomic E-state index is 13.2. The number of hydrogen-bond acceptors (Lipinski definition) is 2. The normalized spacial score (nSPS) is 19.3. The van der Waals surface area contributed by atoms with Gasteiger partial charge in [0.05, 0.1) is 4.47 Å². The Balaban J connectivity index is 1.92. The molecule has 0 aliphatic carbocycles. The fraction of sp³-hybridized carbons (Fsp3) is 0.417. The van der Waals surface area contributed by atoms with Crippen LogP contribution >= 0.6 is 15.9 Å². The molecular formula is C12H14BrFN2O. The van der Waals surface area contributed by atoms with Crippen molar-refractivity contribution in [3.05, 3.63) is 34.1 Å². The summed E-state index contributed by atoms with van der Waals surface area (Å²) in [5.41, 5.74) is 0.351. The summed E-state index contributed by atoms with van der Waals surface area (Å²) >= 11 is 3.05. The monoisotopic (exact) mass is 300 g/mol. The van der Waals surface area contributed by atoms with Crippen LogP contribution in [-0.4, -0.2) is 25.0 Å². The minimum Gasteiger partial charge on any atom is -0.350 e. The van der Waals surface area contributed by atoms with Gasteiger partial charge < -0.3 is 10.6 Å². The van der Waals surface area contributed by atoms with Gasteiger partial charge in [-0.2, -0.15) is 0 Å². The van der Waals surface area contributed by atoms with Gasteiger partial charge >= 0.3 is 0 Å². The molecule has 2 N–H and O–H groups in total. The van der Waals surface area contributed by atoms with E-state index in [1.807, 2.05) is 0 Å². The molecule has 0 radical (unpaired) electrons. The number of rotatable bonds is 3. The summed E-state index contributed by atoms with van der Waals surface area (Å²) in [6, 6.07) is 4.73. The summed E-state index contributed by atoms with van der Waals surface area (Å²) in [6.45, 7) is 1.60. The summed E-state index contributed by atoms with van der Waals surface area (Å²) in [6.07, 6.45) is 2.22. The smallest absolute Gasteiger partial charge is 0.251 e. The van der Waals surface area contributed by atoms with Crippen LogP contribution in [-0.2, 0) is 0 Å². The average molecular weight is 301 g/mol. The van der Waals surface area contributed by atoms with Crippen LogP contribution in [0.5, 0.6) is 0 Å². The summed E-state index contributed by atoms with van der Waals surface area (Å²) in [7, 11) is 0. The molecule has 1 aliphatic rings. The topological polar surface area (TPSA) is 41.1 Å². The summed E-state index contributed by atoms with van der Waals surface area (Å²) in [4.78, 5) is 11.7. The van der Waals surface area contributed by atoms with E-state index in [1.165, 1.54) is 12.1 Å². The van der Waals surface area contributed by atoms with Crippen LogP contribution in [0.15, 0.2) is 22.7 Å². The number of carbonyl (C=O) groups is 1. The Morgan fingerprint density at radius 1 is 1.59 bits per heavy atom. The maximum Gasteiger partial charge on any atom is 0.251 e. The molecule has 1 fully saturated rings. The van der Waals surface area contributed by atoms with E-state index in [0.29, 0.717) is 22.6 Å². The molecule has 1 heterocycles. The van der Waals surface area contributed by atoms with Gasteiger partial charge in [0.1, 0.15) is 5.82 Å². The molecule has 2 rings (SSSR count). The molecular weight excluding hydrogens is 287 g/mol. The second kappa shape index (κ2) is 5.60. The lowest BCUT2D eigenvalue weighted by Gasteiger charge is -2.11. The van der Waals surface area contributed by atoms with Gasteiger partial charge in [0.2, 0.25) is 0 Å². The van der Waals surface area contributed by atoms with E-state index in [2.05, 4.69) is 26.6 Å². The SMILES string of the molecule is O=C(NCC1CCCN1)c1ccc(Br)c(F)c1. The summed E-state index contributed by atoms with van der Waals surface area (Å²) in [5.74, 6) is -0.651. The van der Waals surface area contributed by atoms with E-state index in [9.17, 15) is 9.18 Å². The third-order valence-corrected chi connectivity index (χ3v) is 3.50. The highest BCUT2D eigenvalue weighted by molar-refractivity contribution is 9.10. The molecule has 17 heavy (non-hydrogen) atoms. The maximum atomic E-state index is 13.2. The van der Waals surface area contributed by atoms with Crippen molar-refractivity contribution >= 4 is 21.8 Å². The van der Waals surface area contributed by atoms with Crippen molar-refractivity contribution in [2.45, 2.75) is 18.9 Å². The standard InChI is InChI=1S/C12H14BrFN2O/c13-10-4-3-8(6-11(10)14)12(17)16-7-9-2-1-5-15-9/h3-4,6,9,15H,1-2,5,7H2,(H,16,17). The van der Waals surface area contributed by atoms with Crippen molar-refractivity contribution in [3.63, 3.8) is 0 Å². The lowest BCUT2D eigenvalue weighted by atomic mass is 10.2.